The number of hydrogen-bond donors (Lipinski definition) is 2. The Morgan fingerprint density at radius 1 is 1.28 bits per heavy atom. The molecule has 0 aliphatic carbocycles. The molecular weight excluding hydrogens is 226 g/mol. The van der Waals surface area contributed by atoms with Crippen molar-refractivity contribution in [3.05, 3.63) is 29.3 Å². The number of para-hydroxylation sites is 1. The first-order valence-corrected chi connectivity index (χ1v) is 6.71. The van der Waals surface area contributed by atoms with Crippen LogP contribution < -0.4 is 5.32 Å². The van der Waals surface area contributed by atoms with E-state index in [-0.39, 0.29) is 0 Å². The molecule has 0 heterocycles. The summed E-state index contributed by atoms with van der Waals surface area (Å²) in [6.45, 7) is 7.92. The van der Waals surface area contributed by atoms with E-state index < -0.39 is 6.10 Å². The second kappa shape index (κ2) is 8.11. The van der Waals surface area contributed by atoms with Gasteiger partial charge in [-0.15, -0.1) is 0 Å². The van der Waals surface area contributed by atoms with Crippen molar-refractivity contribution in [2.24, 2.45) is 0 Å². The standard InChI is InChI=1S/C15H25NO2/c1-4-5-9-18-11-14(17)10-16-15-12(2)7-6-8-13(15)3/h6-8,14,16-17H,4-5,9-11H2,1-3H3. The molecular formula is C15H25NO2. The molecule has 0 aromatic heterocycles. The molecule has 0 saturated carbocycles. The van der Waals surface area contributed by atoms with Gasteiger partial charge in [0.2, 0.25) is 0 Å². The molecule has 0 aliphatic rings. The third-order valence-corrected chi connectivity index (χ3v) is 2.95. The predicted molar refractivity (Wildman–Crippen MR) is 76.1 cm³/mol. The highest BCUT2D eigenvalue weighted by Crippen LogP contribution is 2.19. The number of rotatable bonds is 8. The number of anilines is 1. The van der Waals surface area contributed by atoms with Crippen LogP contribution in [0.15, 0.2) is 18.2 Å². The zero-order chi connectivity index (χ0) is 13.4. The summed E-state index contributed by atoms with van der Waals surface area (Å²) in [4.78, 5) is 0. The average molecular weight is 251 g/mol. The highest BCUT2D eigenvalue weighted by atomic mass is 16.5. The van der Waals surface area contributed by atoms with Gasteiger partial charge in [0.1, 0.15) is 0 Å². The van der Waals surface area contributed by atoms with Gasteiger partial charge in [-0.05, 0) is 31.4 Å². The van der Waals surface area contributed by atoms with Gasteiger partial charge in [0.25, 0.3) is 0 Å². The van der Waals surface area contributed by atoms with Gasteiger partial charge in [-0.3, -0.25) is 0 Å². The van der Waals surface area contributed by atoms with Gasteiger partial charge in [-0.2, -0.15) is 0 Å². The van der Waals surface area contributed by atoms with Crippen molar-refractivity contribution in [3.8, 4) is 0 Å². The first-order valence-electron chi connectivity index (χ1n) is 6.71. The zero-order valence-electron chi connectivity index (χ0n) is 11.7. The molecule has 2 N–H and O–H groups in total. The minimum atomic E-state index is -0.458. The number of ether oxygens (including phenoxy) is 1. The number of benzene rings is 1. The lowest BCUT2D eigenvalue weighted by molar-refractivity contribution is 0.0421. The van der Waals surface area contributed by atoms with Crippen LogP contribution in [0.5, 0.6) is 0 Å². The van der Waals surface area contributed by atoms with E-state index in [0.717, 1.165) is 25.1 Å². The summed E-state index contributed by atoms with van der Waals surface area (Å²) >= 11 is 0. The Hall–Kier alpha value is -1.06. The molecule has 0 bridgehead atoms. The van der Waals surface area contributed by atoms with Crippen LogP contribution in [-0.2, 0) is 4.74 Å². The maximum atomic E-state index is 9.80. The number of aliphatic hydroxyl groups excluding tert-OH is 1. The quantitative estimate of drug-likeness (QED) is 0.698. The Morgan fingerprint density at radius 2 is 1.94 bits per heavy atom. The molecule has 0 amide bonds. The first-order chi connectivity index (χ1) is 8.65. The van der Waals surface area contributed by atoms with Gasteiger partial charge >= 0.3 is 0 Å². The van der Waals surface area contributed by atoms with Gasteiger partial charge in [0, 0.05) is 18.8 Å². The van der Waals surface area contributed by atoms with Crippen LogP contribution >= 0.6 is 0 Å². The van der Waals surface area contributed by atoms with Crippen molar-refractivity contribution in [1.29, 1.82) is 0 Å². The number of aryl methyl sites for hydroxylation is 2. The van der Waals surface area contributed by atoms with Gasteiger partial charge in [0.05, 0.1) is 12.7 Å². The van der Waals surface area contributed by atoms with E-state index in [0.29, 0.717) is 13.2 Å². The van der Waals surface area contributed by atoms with Crippen LogP contribution in [0.2, 0.25) is 0 Å². The third kappa shape index (κ3) is 5.07. The smallest absolute Gasteiger partial charge is 0.0945 e. The van der Waals surface area contributed by atoms with E-state index in [4.69, 9.17) is 4.74 Å². The Balaban J connectivity index is 2.31. The molecule has 1 rings (SSSR count). The minimum Gasteiger partial charge on any atom is -0.389 e. The Morgan fingerprint density at radius 3 is 2.56 bits per heavy atom. The lowest BCUT2D eigenvalue weighted by Gasteiger charge is -2.16. The number of unbranched alkanes of at least 4 members (excludes halogenated alkanes) is 1. The second-order valence-corrected chi connectivity index (χ2v) is 4.73. The number of aliphatic hydroxyl groups is 1. The fourth-order valence-corrected chi connectivity index (χ4v) is 1.84. The third-order valence-electron chi connectivity index (χ3n) is 2.95. The van der Waals surface area contributed by atoms with Crippen LogP contribution in [-0.4, -0.2) is 31.0 Å². The highest BCUT2D eigenvalue weighted by Gasteiger charge is 2.06. The Bertz CT molecular complexity index is 332. The molecule has 1 aromatic rings. The van der Waals surface area contributed by atoms with E-state index >= 15 is 0 Å². The molecule has 0 aliphatic heterocycles. The lowest BCUT2D eigenvalue weighted by atomic mass is 10.1. The van der Waals surface area contributed by atoms with E-state index in [9.17, 15) is 5.11 Å². The molecule has 1 atom stereocenters. The van der Waals surface area contributed by atoms with Crippen molar-refractivity contribution < 1.29 is 9.84 Å². The fourth-order valence-electron chi connectivity index (χ4n) is 1.84. The average Bonchev–Trinajstić information content (AvgIpc) is 2.34. The SMILES string of the molecule is CCCCOCC(O)CNc1c(C)cccc1C. The molecule has 3 heteroatoms. The topological polar surface area (TPSA) is 41.5 Å². The summed E-state index contributed by atoms with van der Waals surface area (Å²) in [5.74, 6) is 0. The minimum absolute atomic E-state index is 0.401. The molecule has 102 valence electrons. The summed E-state index contributed by atoms with van der Waals surface area (Å²) in [6.07, 6.45) is 1.72. The van der Waals surface area contributed by atoms with Crippen molar-refractivity contribution in [3.63, 3.8) is 0 Å². The van der Waals surface area contributed by atoms with Gasteiger partial charge in [-0.1, -0.05) is 31.5 Å². The Kier molecular flexibility index (Phi) is 6.76. The molecule has 1 unspecified atom stereocenters. The van der Waals surface area contributed by atoms with Crippen molar-refractivity contribution in [2.45, 2.75) is 39.7 Å². The molecule has 18 heavy (non-hydrogen) atoms. The van der Waals surface area contributed by atoms with E-state index in [1.54, 1.807) is 0 Å². The van der Waals surface area contributed by atoms with Crippen LogP contribution in [0.25, 0.3) is 0 Å². The molecule has 1 aromatic carbocycles. The molecule has 0 saturated heterocycles. The van der Waals surface area contributed by atoms with Gasteiger partial charge in [-0.25, -0.2) is 0 Å². The second-order valence-electron chi connectivity index (χ2n) is 4.73. The van der Waals surface area contributed by atoms with Crippen LogP contribution in [0.3, 0.4) is 0 Å². The van der Waals surface area contributed by atoms with Crippen LogP contribution in [0, 0.1) is 13.8 Å². The monoisotopic (exact) mass is 251 g/mol. The molecule has 0 fully saturated rings. The maximum Gasteiger partial charge on any atom is 0.0945 e. The molecule has 0 spiro atoms. The molecule has 3 nitrogen and oxygen atoms in total. The number of hydrogen-bond acceptors (Lipinski definition) is 3. The first kappa shape index (κ1) is 15.0. The summed E-state index contributed by atoms with van der Waals surface area (Å²) in [6, 6.07) is 6.18. The lowest BCUT2D eigenvalue weighted by Crippen LogP contribution is -2.25. The summed E-state index contributed by atoms with van der Waals surface area (Å²) in [5.41, 5.74) is 3.52. The summed E-state index contributed by atoms with van der Waals surface area (Å²) < 4.78 is 5.39. The summed E-state index contributed by atoms with van der Waals surface area (Å²) in [5, 5.41) is 13.1. The van der Waals surface area contributed by atoms with Crippen molar-refractivity contribution in [1.82, 2.24) is 0 Å². The maximum absolute atomic E-state index is 9.80. The zero-order valence-corrected chi connectivity index (χ0v) is 11.7. The number of nitrogens with one attached hydrogen (secondary N) is 1. The van der Waals surface area contributed by atoms with Gasteiger partial charge in [0.15, 0.2) is 0 Å². The molecule has 0 radical (unpaired) electrons. The van der Waals surface area contributed by atoms with Crippen LogP contribution in [0.4, 0.5) is 5.69 Å². The largest absolute Gasteiger partial charge is 0.389 e. The normalized spacial score (nSPS) is 12.4. The fraction of sp³-hybridized carbons (Fsp3) is 0.600. The highest BCUT2D eigenvalue weighted by molar-refractivity contribution is 5.56. The Labute approximate surface area is 110 Å². The van der Waals surface area contributed by atoms with Gasteiger partial charge < -0.3 is 15.2 Å². The van der Waals surface area contributed by atoms with E-state index in [1.807, 2.05) is 6.07 Å². The van der Waals surface area contributed by atoms with E-state index in [2.05, 4.69) is 38.2 Å². The summed E-state index contributed by atoms with van der Waals surface area (Å²) in [7, 11) is 0. The van der Waals surface area contributed by atoms with Crippen molar-refractivity contribution >= 4 is 5.69 Å². The van der Waals surface area contributed by atoms with E-state index in [1.165, 1.54) is 11.1 Å². The predicted octanol–water partition coefficient (Wildman–Crippen LogP) is 2.89. The van der Waals surface area contributed by atoms with Crippen LogP contribution in [0.1, 0.15) is 30.9 Å². The van der Waals surface area contributed by atoms with Crippen molar-refractivity contribution in [2.75, 3.05) is 25.1 Å².